The summed E-state index contributed by atoms with van der Waals surface area (Å²) in [6, 6.07) is 6.11. The van der Waals surface area contributed by atoms with Crippen molar-refractivity contribution in [1.82, 2.24) is 9.88 Å². The lowest BCUT2D eigenvalue weighted by atomic mass is 9.91. The molecule has 2 rings (SSSR count). The van der Waals surface area contributed by atoms with E-state index in [1.165, 1.54) is 0 Å². The summed E-state index contributed by atoms with van der Waals surface area (Å²) in [5.41, 5.74) is 8.16. The molecule has 0 fully saturated rings. The standard InChI is InChI=1S/C14H21N3O2/c1-9(6-7-15)13(17(2)3)10-4-5-12-11(8-10)16-14(18)19-12/h4-5,8-9,13H,6-7,15H2,1-3H3,(H,16,18). The van der Waals surface area contributed by atoms with Gasteiger partial charge in [0.05, 0.1) is 5.52 Å². The molecule has 1 aromatic carbocycles. The summed E-state index contributed by atoms with van der Waals surface area (Å²) in [6.45, 7) is 2.87. The van der Waals surface area contributed by atoms with Crippen LogP contribution in [0.15, 0.2) is 27.4 Å². The molecule has 2 unspecified atom stereocenters. The van der Waals surface area contributed by atoms with E-state index in [1.807, 2.05) is 18.2 Å². The van der Waals surface area contributed by atoms with Crippen LogP contribution in [0.4, 0.5) is 0 Å². The molecule has 1 heterocycles. The maximum atomic E-state index is 11.2. The number of benzene rings is 1. The van der Waals surface area contributed by atoms with Gasteiger partial charge in [0.15, 0.2) is 5.58 Å². The van der Waals surface area contributed by atoms with Gasteiger partial charge in [-0.2, -0.15) is 0 Å². The molecule has 0 amide bonds. The predicted octanol–water partition coefficient (Wildman–Crippen LogP) is 1.71. The van der Waals surface area contributed by atoms with Crippen LogP contribution in [0.25, 0.3) is 11.1 Å². The van der Waals surface area contributed by atoms with Crippen LogP contribution in [0, 0.1) is 5.92 Å². The van der Waals surface area contributed by atoms with E-state index < -0.39 is 5.76 Å². The zero-order valence-electron chi connectivity index (χ0n) is 11.6. The molecule has 0 aliphatic heterocycles. The number of aromatic nitrogens is 1. The lowest BCUT2D eigenvalue weighted by molar-refractivity contribution is 0.217. The molecule has 19 heavy (non-hydrogen) atoms. The first-order chi connectivity index (χ1) is 9.02. The first-order valence-electron chi connectivity index (χ1n) is 6.52. The molecule has 0 saturated heterocycles. The van der Waals surface area contributed by atoms with E-state index in [1.54, 1.807) is 0 Å². The Balaban J connectivity index is 2.40. The quantitative estimate of drug-likeness (QED) is 0.861. The van der Waals surface area contributed by atoms with E-state index in [-0.39, 0.29) is 6.04 Å². The van der Waals surface area contributed by atoms with E-state index in [2.05, 4.69) is 30.9 Å². The van der Waals surface area contributed by atoms with E-state index >= 15 is 0 Å². The summed E-state index contributed by atoms with van der Waals surface area (Å²) < 4.78 is 5.03. The van der Waals surface area contributed by atoms with Crippen molar-refractivity contribution in [3.8, 4) is 0 Å². The third-order valence-corrected chi connectivity index (χ3v) is 3.50. The number of rotatable bonds is 5. The second kappa shape index (κ2) is 5.59. The Bertz CT molecular complexity index is 600. The Morgan fingerprint density at radius 3 is 2.79 bits per heavy atom. The zero-order valence-corrected chi connectivity index (χ0v) is 11.6. The van der Waals surface area contributed by atoms with Crippen molar-refractivity contribution in [1.29, 1.82) is 0 Å². The number of hydrogen-bond acceptors (Lipinski definition) is 4. The molecular formula is C14H21N3O2. The van der Waals surface area contributed by atoms with E-state index in [0.717, 1.165) is 17.5 Å². The minimum Gasteiger partial charge on any atom is -0.408 e. The Morgan fingerprint density at radius 1 is 1.42 bits per heavy atom. The van der Waals surface area contributed by atoms with Crippen LogP contribution >= 0.6 is 0 Å². The highest BCUT2D eigenvalue weighted by Crippen LogP contribution is 2.30. The molecule has 0 aliphatic carbocycles. The molecule has 0 radical (unpaired) electrons. The van der Waals surface area contributed by atoms with Gasteiger partial charge in [-0.05, 0) is 50.7 Å². The van der Waals surface area contributed by atoms with Crippen LogP contribution in [-0.2, 0) is 0 Å². The summed E-state index contributed by atoms with van der Waals surface area (Å²) in [5, 5.41) is 0. The zero-order chi connectivity index (χ0) is 14.0. The third kappa shape index (κ3) is 2.88. The third-order valence-electron chi connectivity index (χ3n) is 3.50. The first kappa shape index (κ1) is 13.8. The van der Waals surface area contributed by atoms with Crippen molar-refractivity contribution >= 4 is 11.1 Å². The number of fused-ring (bicyclic) bond motifs is 1. The molecule has 2 atom stereocenters. The van der Waals surface area contributed by atoms with Gasteiger partial charge in [0.25, 0.3) is 0 Å². The monoisotopic (exact) mass is 263 g/mol. The molecule has 5 nitrogen and oxygen atoms in total. The maximum Gasteiger partial charge on any atom is 0.417 e. The normalized spacial score (nSPS) is 15.0. The van der Waals surface area contributed by atoms with E-state index in [9.17, 15) is 4.79 Å². The molecule has 0 saturated carbocycles. The summed E-state index contributed by atoms with van der Waals surface area (Å²) in [5.74, 6) is 0.0274. The van der Waals surface area contributed by atoms with Gasteiger partial charge < -0.3 is 15.1 Å². The van der Waals surface area contributed by atoms with Crippen molar-refractivity contribution in [2.75, 3.05) is 20.6 Å². The fraction of sp³-hybridized carbons (Fsp3) is 0.500. The minimum atomic E-state index is -0.413. The van der Waals surface area contributed by atoms with Gasteiger partial charge in [-0.25, -0.2) is 4.79 Å². The minimum absolute atomic E-state index is 0.270. The molecule has 1 aromatic heterocycles. The van der Waals surface area contributed by atoms with Crippen molar-refractivity contribution in [2.45, 2.75) is 19.4 Å². The summed E-state index contributed by atoms with van der Waals surface area (Å²) in [7, 11) is 4.11. The van der Waals surface area contributed by atoms with Crippen molar-refractivity contribution in [3.05, 3.63) is 34.3 Å². The summed E-state index contributed by atoms with van der Waals surface area (Å²) in [4.78, 5) is 16.1. The fourth-order valence-corrected chi connectivity index (χ4v) is 2.71. The second-order valence-electron chi connectivity index (χ2n) is 5.23. The highest BCUT2D eigenvalue weighted by molar-refractivity contribution is 5.72. The lowest BCUT2D eigenvalue weighted by Gasteiger charge is -2.30. The largest absolute Gasteiger partial charge is 0.417 e. The molecule has 3 N–H and O–H groups in total. The molecule has 104 valence electrons. The number of nitrogens with two attached hydrogens (primary N) is 1. The molecule has 0 aliphatic rings. The number of oxazole rings is 1. The van der Waals surface area contributed by atoms with Crippen LogP contribution in [0.3, 0.4) is 0 Å². The number of H-pyrrole nitrogens is 1. The van der Waals surface area contributed by atoms with Crippen molar-refractivity contribution < 1.29 is 4.42 Å². The Morgan fingerprint density at radius 2 is 2.16 bits per heavy atom. The Labute approximate surface area is 112 Å². The number of aromatic amines is 1. The van der Waals surface area contributed by atoms with Crippen LogP contribution in [0.2, 0.25) is 0 Å². The van der Waals surface area contributed by atoms with Gasteiger partial charge >= 0.3 is 5.76 Å². The Hall–Kier alpha value is -1.59. The number of nitrogens with zero attached hydrogens (tertiary/aromatic N) is 1. The average Bonchev–Trinajstić information content (AvgIpc) is 2.68. The molecule has 2 aromatic rings. The molecular weight excluding hydrogens is 242 g/mol. The van der Waals surface area contributed by atoms with Gasteiger partial charge in [0.2, 0.25) is 0 Å². The maximum absolute atomic E-state index is 11.2. The summed E-state index contributed by atoms with van der Waals surface area (Å²) in [6.07, 6.45) is 0.961. The van der Waals surface area contributed by atoms with E-state index in [0.29, 0.717) is 18.0 Å². The number of hydrogen-bond donors (Lipinski definition) is 2. The lowest BCUT2D eigenvalue weighted by Crippen LogP contribution is -2.27. The van der Waals surface area contributed by atoms with Gasteiger partial charge in [-0.1, -0.05) is 13.0 Å². The Kier molecular flexibility index (Phi) is 4.07. The molecule has 0 bridgehead atoms. The van der Waals surface area contributed by atoms with Gasteiger partial charge in [-0.15, -0.1) is 0 Å². The van der Waals surface area contributed by atoms with Gasteiger partial charge in [0, 0.05) is 6.04 Å². The second-order valence-corrected chi connectivity index (χ2v) is 5.23. The highest BCUT2D eigenvalue weighted by Gasteiger charge is 2.21. The number of nitrogens with one attached hydrogen (secondary N) is 1. The van der Waals surface area contributed by atoms with Crippen LogP contribution in [-0.4, -0.2) is 30.5 Å². The molecule has 0 spiro atoms. The van der Waals surface area contributed by atoms with Crippen LogP contribution in [0.1, 0.15) is 24.9 Å². The average molecular weight is 263 g/mol. The first-order valence-corrected chi connectivity index (χ1v) is 6.52. The highest BCUT2D eigenvalue weighted by atomic mass is 16.4. The van der Waals surface area contributed by atoms with Gasteiger partial charge in [-0.3, -0.25) is 4.98 Å². The van der Waals surface area contributed by atoms with Crippen LogP contribution < -0.4 is 11.5 Å². The van der Waals surface area contributed by atoms with E-state index in [4.69, 9.17) is 10.2 Å². The predicted molar refractivity (Wildman–Crippen MR) is 76.1 cm³/mol. The van der Waals surface area contributed by atoms with Crippen molar-refractivity contribution in [3.63, 3.8) is 0 Å². The van der Waals surface area contributed by atoms with Crippen LogP contribution in [0.5, 0.6) is 0 Å². The SMILES string of the molecule is CC(CCN)C(c1ccc2oc(=O)[nH]c2c1)N(C)C. The molecule has 5 heteroatoms. The fourth-order valence-electron chi connectivity index (χ4n) is 2.71. The summed E-state index contributed by atoms with van der Waals surface area (Å²) >= 11 is 0. The topological polar surface area (TPSA) is 75.3 Å². The smallest absolute Gasteiger partial charge is 0.408 e. The van der Waals surface area contributed by atoms with Crippen molar-refractivity contribution in [2.24, 2.45) is 11.7 Å². The van der Waals surface area contributed by atoms with Gasteiger partial charge in [0.1, 0.15) is 0 Å².